The Bertz CT molecular complexity index is 931. The molecule has 0 unspecified atom stereocenters. The summed E-state index contributed by atoms with van der Waals surface area (Å²) in [4.78, 5) is 4.14. The Hall–Kier alpha value is -2.58. The van der Waals surface area contributed by atoms with Gasteiger partial charge in [0.1, 0.15) is 0 Å². The lowest BCUT2D eigenvalue weighted by Gasteiger charge is -2.00. The second-order valence-electron chi connectivity index (χ2n) is 4.64. The molecule has 0 aliphatic rings. The number of aryl methyl sites for hydroxylation is 1. The van der Waals surface area contributed by atoms with Crippen LogP contribution in [0, 0.1) is 9.98 Å². The summed E-state index contributed by atoms with van der Waals surface area (Å²) < 4.78 is 3.97. The maximum Gasteiger partial charge on any atom is 0.219 e. The van der Waals surface area contributed by atoms with Gasteiger partial charge in [-0.25, -0.2) is 9.67 Å². The molecule has 0 atom stereocenters. The first-order valence-corrected chi connectivity index (χ1v) is 7.34. The van der Waals surface area contributed by atoms with Crippen LogP contribution in [0.25, 0.3) is 11.5 Å². The van der Waals surface area contributed by atoms with Gasteiger partial charge < -0.3 is 5.21 Å². The van der Waals surface area contributed by atoms with Crippen molar-refractivity contribution in [3.63, 3.8) is 0 Å². The first kappa shape index (κ1) is 15.3. The summed E-state index contributed by atoms with van der Waals surface area (Å²) >= 11 is 11.2. The first-order valence-electron chi connectivity index (χ1n) is 6.56. The highest BCUT2D eigenvalue weighted by molar-refractivity contribution is 7.71. The first-order chi connectivity index (χ1) is 11.0. The summed E-state index contributed by atoms with van der Waals surface area (Å²) in [6, 6.07) is 7.20. The van der Waals surface area contributed by atoms with Gasteiger partial charge in [0.25, 0.3) is 0 Å². The van der Waals surface area contributed by atoms with E-state index in [1.165, 1.54) is 27.9 Å². The van der Waals surface area contributed by atoms with Crippen LogP contribution in [-0.4, -0.2) is 25.7 Å². The van der Waals surface area contributed by atoms with E-state index < -0.39 is 0 Å². The van der Waals surface area contributed by atoms with Crippen molar-refractivity contribution in [2.75, 3.05) is 0 Å². The molecule has 0 N–H and O–H groups in total. The fraction of sp³-hybridized carbons (Fsp3) is 0.0714. The number of nitrogens with zero attached hydrogens (tertiary/aromatic N) is 6. The lowest BCUT2D eigenvalue weighted by atomic mass is 10.2. The standard InChI is InChI=1S/C14H11ClN6OS/c1-19-14(23)21(17-8-10-2-4-11(15)5-3-10)13(18-19)12-9-20(22)7-6-16-12/h2-9H,1H3/b17-8+. The Labute approximate surface area is 141 Å². The van der Waals surface area contributed by atoms with E-state index in [0.717, 1.165) is 5.56 Å². The summed E-state index contributed by atoms with van der Waals surface area (Å²) in [5.41, 5.74) is 1.23. The zero-order valence-electron chi connectivity index (χ0n) is 12.0. The third kappa shape index (κ3) is 3.27. The minimum atomic E-state index is 0.377. The van der Waals surface area contributed by atoms with E-state index in [-0.39, 0.29) is 0 Å². The van der Waals surface area contributed by atoms with Gasteiger partial charge in [0, 0.05) is 12.1 Å². The Morgan fingerprint density at radius 1 is 1.35 bits per heavy atom. The molecule has 0 bridgehead atoms. The number of rotatable bonds is 3. The topological polar surface area (TPSA) is 74.9 Å². The molecule has 0 spiro atoms. The zero-order valence-corrected chi connectivity index (χ0v) is 13.6. The molecule has 7 nitrogen and oxygen atoms in total. The Balaban J connectivity index is 2.05. The highest BCUT2D eigenvalue weighted by Gasteiger charge is 2.14. The van der Waals surface area contributed by atoms with Crippen LogP contribution in [0.5, 0.6) is 0 Å². The molecule has 3 aromatic rings. The number of aromatic nitrogens is 5. The molecule has 116 valence electrons. The Kier molecular flexibility index (Phi) is 4.18. The normalized spacial score (nSPS) is 11.2. The smallest absolute Gasteiger partial charge is 0.219 e. The van der Waals surface area contributed by atoms with E-state index in [4.69, 9.17) is 23.8 Å². The number of benzene rings is 1. The van der Waals surface area contributed by atoms with Crippen molar-refractivity contribution >= 4 is 30.0 Å². The monoisotopic (exact) mass is 346 g/mol. The van der Waals surface area contributed by atoms with E-state index in [1.54, 1.807) is 25.4 Å². The molecule has 3 rings (SSSR count). The largest absolute Gasteiger partial charge is 0.619 e. The maximum absolute atomic E-state index is 11.4. The second-order valence-corrected chi connectivity index (χ2v) is 5.44. The molecule has 9 heteroatoms. The lowest BCUT2D eigenvalue weighted by Crippen LogP contribution is -2.25. The molecule has 23 heavy (non-hydrogen) atoms. The molecular formula is C14H11ClN6OS. The van der Waals surface area contributed by atoms with E-state index in [0.29, 0.717) is 26.0 Å². The van der Waals surface area contributed by atoms with Gasteiger partial charge in [0.05, 0.1) is 12.4 Å². The van der Waals surface area contributed by atoms with Gasteiger partial charge in [-0.05, 0) is 29.9 Å². The molecule has 2 aromatic heterocycles. The lowest BCUT2D eigenvalue weighted by molar-refractivity contribution is -0.605. The molecule has 2 heterocycles. The highest BCUT2D eigenvalue weighted by atomic mass is 35.5. The fourth-order valence-electron chi connectivity index (χ4n) is 1.88. The van der Waals surface area contributed by atoms with Crippen LogP contribution in [0.4, 0.5) is 0 Å². The summed E-state index contributed by atoms with van der Waals surface area (Å²) in [6.45, 7) is 0. The van der Waals surface area contributed by atoms with E-state index in [1.807, 2.05) is 12.1 Å². The molecule has 1 aromatic carbocycles. The van der Waals surface area contributed by atoms with Crippen molar-refractivity contribution in [1.29, 1.82) is 0 Å². The minimum absolute atomic E-state index is 0.377. The average molecular weight is 347 g/mol. The molecule has 0 saturated heterocycles. The zero-order chi connectivity index (χ0) is 16.4. The van der Waals surface area contributed by atoms with Gasteiger partial charge in [0.15, 0.2) is 11.9 Å². The SMILES string of the molecule is Cn1nc(-c2c[n+]([O-])ccn2)n(/N=C/c2ccc(Cl)cc2)c1=S. The van der Waals surface area contributed by atoms with Crippen LogP contribution < -0.4 is 4.73 Å². The van der Waals surface area contributed by atoms with Gasteiger partial charge in [-0.2, -0.15) is 14.5 Å². The summed E-state index contributed by atoms with van der Waals surface area (Å²) in [5, 5.41) is 20.7. The number of hydrogen-bond acceptors (Lipinski definition) is 5. The van der Waals surface area contributed by atoms with Gasteiger partial charge in [0.2, 0.25) is 16.8 Å². The van der Waals surface area contributed by atoms with Crippen molar-refractivity contribution in [3.05, 3.63) is 63.4 Å². The summed E-state index contributed by atoms with van der Waals surface area (Å²) in [7, 11) is 1.70. The molecule has 0 amide bonds. The molecule has 0 fully saturated rings. The van der Waals surface area contributed by atoms with Crippen LogP contribution in [-0.2, 0) is 7.05 Å². The molecule has 0 radical (unpaired) electrons. The van der Waals surface area contributed by atoms with Gasteiger partial charge >= 0.3 is 0 Å². The maximum atomic E-state index is 11.4. The second kappa shape index (κ2) is 6.27. The van der Waals surface area contributed by atoms with Gasteiger partial charge in [-0.1, -0.05) is 23.7 Å². The molecular weight excluding hydrogens is 336 g/mol. The van der Waals surface area contributed by atoms with Crippen molar-refractivity contribution in [2.24, 2.45) is 12.1 Å². The molecule has 0 saturated carbocycles. The summed E-state index contributed by atoms with van der Waals surface area (Å²) in [5.74, 6) is 0.382. The number of halogens is 1. The quantitative estimate of drug-likeness (QED) is 0.315. The molecule has 0 aliphatic heterocycles. The van der Waals surface area contributed by atoms with Crippen molar-refractivity contribution in [2.45, 2.75) is 0 Å². The van der Waals surface area contributed by atoms with Crippen LogP contribution in [0.1, 0.15) is 5.56 Å². The van der Waals surface area contributed by atoms with Crippen LogP contribution in [0.3, 0.4) is 0 Å². The van der Waals surface area contributed by atoms with Crippen molar-refractivity contribution in [3.8, 4) is 11.5 Å². The summed E-state index contributed by atoms with van der Waals surface area (Å²) in [6.07, 6.45) is 5.63. The van der Waals surface area contributed by atoms with Crippen molar-refractivity contribution in [1.82, 2.24) is 19.4 Å². The predicted molar refractivity (Wildman–Crippen MR) is 88.7 cm³/mol. The number of hydrogen-bond donors (Lipinski definition) is 0. The minimum Gasteiger partial charge on any atom is -0.619 e. The van der Waals surface area contributed by atoms with Crippen molar-refractivity contribution < 1.29 is 4.73 Å². The van der Waals surface area contributed by atoms with E-state index in [9.17, 15) is 5.21 Å². The average Bonchev–Trinajstić information content (AvgIpc) is 2.82. The predicted octanol–water partition coefficient (Wildman–Crippen LogP) is 2.18. The highest BCUT2D eigenvalue weighted by Crippen LogP contribution is 2.14. The van der Waals surface area contributed by atoms with Crippen LogP contribution in [0.2, 0.25) is 5.02 Å². The van der Waals surface area contributed by atoms with Gasteiger partial charge in [-0.3, -0.25) is 0 Å². The van der Waals surface area contributed by atoms with Crippen LogP contribution in [0.15, 0.2) is 48.0 Å². The van der Waals surface area contributed by atoms with Crippen LogP contribution >= 0.6 is 23.8 Å². The Morgan fingerprint density at radius 2 is 2.09 bits per heavy atom. The third-order valence-electron chi connectivity index (χ3n) is 3.00. The van der Waals surface area contributed by atoms with Gasteiger partial charge in [-0.15, -0.1) is 5.10 Å². The fourth-order valence-corrected chi connectivity index (χ4v) is 2.18. The van der Waals surface area contributed by atoms with E-state index in [2.05, 4.69) is 15.2 Å². The third-order valence-corrected chi connectivity index (χ3v) is 3.69. The molecule has 0 aliphatic carbocycles. The Morgan fingerprint density at radius 3 is 2.78 bits per heavy atom. The van der Waals surface area contributed by atoms with E-state index >= 15 is 0 Å².